The van der Waals surface area contributed by atoms with E-state index in [1.165, 1.54) is 0 Å². The summed E-state index contributed by atoms with van der Waals surface area (Å²) in [5.74, 6) is 0. The molecule has 0 aliphatic carbocycles. The monoisotopic (exact) mass is 259 g/mol. The Labute approximate surface area is 106 Å². The predicted molar refractivity (Wildman–Crippen MR) is 71.1 cm³/mol. The van der Waals surface area contributed by atoms with Crippen molar-refractivity contribution in [2.24, 2.45) is 5.73 Å². The highest BCUT2D eigenvalue weighted by Crippen LogP contribution is 2.33. The van der Waals surface area contributed by atoms with Crippen LogP contribution in [0, 0.1) is 0 Å². The minimum Gasteiger partial charge on any atom is -0.392 e. The minimum absolute atomic E-state index is 0.00858. The van der Waals surface area contributed by atoms with Crippen LogP contribution in [-0.4, -0.2) is 16.5 Å². The summed E-state index contributed by atoms with van der Waals surface area (Å²) in [5.41, 5.74) is 6.80. The van der Waals surface area contributed by atoms with Crippen molar-refractivity contribution in [3.8, 4) is 0 Å². The predicted octanol–water partition coefficient (Wildman–Crippen LogP) is 3.22. The van der Waals surface area contributed by atoms with E-state index in [1.807, 2.05) is 32.0 Å². The number of nitrogens with two attached hydrogens (primary N) is 1. The van der Waals surface area contributed by atoms with Gasteiger partial charge >= 0.3 is 0 Å². The molecule has 1 rings (SSSR count). The normalized spacial score (nSPS) is 16.9. The average molecular weight is 260 g/mol. The second-order valence-electron chi connectivity index (χ2n) is 4.04. The van der Waals surface area contributed by atoms with Gasteiger partial charge in [-0.2, -0.15) is 0 Å². The van der Waals surface area contributed by atoms with E-state index in [0.29, 0.717) is 5.02 Å². The SMILES string of the molecule is CC(N)c1ccc(SC(C)C(C)O)c(Cl)c1. The first-order valence-corrected chi connectivity index (χ1v) is 6.57. The highest BCUT2D eigenvalue weighted by Gasteiger charge is 2.13. The number of hydrogen-bond acceptors (Lipinski definition) is 3. The van der Waals surface area contributed by atoms with Gasteiger partial charge < -0.3 is 10.8 Å². The summed E-state index contributed by atoms with van der Waals surface area (Å²) in [7, 11) is 0. The zero-order valence-electron chi connectivity index (χ0n) is 9.77. The smallest absolute Gasteiger partial charge is 0.0631 e. The quantitative estimate of drug-likeness (QED) is 0.817. The molecule has 0 aromatic heterocycles. The molecule has 0 radical (unpaired) electrons. The number of benzene rings is 1. The molecule has 0 spiro atoms. The second-order valence-corrected chi connectivity index (χ2v) is 5.87. The molecule has 3 unspecified atom stereocenters. The number of hydrogen-bond donors (Lipinski definition) is 2. The molecule has 0 saturated carbocycles. The lowest BCUT2D eigenvalue weighted by Crippen LogP contribution is -2.15. The molecule has 3 N–H and O–H groups in total. The fraction of sp³-hybridized carbons (Fsp3) is 0.500. The van der Waals surface area contributed by atoms with Crippen molar-refractivity contribution in [1.29, 1.82) is 0 Å². The zero-order valence-corrected chi connectivity index (χ0v) is 11.3. The van der Waals surface area contributed by atoms with Crippen molar-refractivity contribution >= 4 is 23.4 Å². The van der Waals surface area contributed by atoms with Crippen LogP contribution in [0.25, 0.3) is 0 Å². The highest BCUT2D eigenvalue weighted by molar-refractivity contribution is 8.00. The summed E-state index contributed by atoms with van der Waals surface area (Å²) < 4.78 is 0. The summed E-state index contributed by atoms with van der Waals surface area (Å²) in [6.07, 6.45) is -0.353. The van der Waals surface area contributed by atoms with Gasteiger partial charge in [0.25, 0.3) is 0 Å². The number of aliphatic hydroxyl groups excluding tert-OH is 1. The lowest BCUT2D eigenvalue weighted by Gasteiger charge is -2.16. The number of thioether (sulfide) groups is 1. The maximum atomic E-state index is 9.43. The van der Waals surface area contributed by atoms with Crippen LogP contribution in [0.4, 0.5) is 0 Å². The van der Waals surface area contributed by atoms with Crippen LogP contribution in [0.2, 0.25) is 5.02 Å². The molecule has 2 nitrogen and oxygen atoms in total. The van der Waals surface area contributed by atoms with E-state index < -0.39 is 0 Å². The maximum absolute atomic E-state index is 9.43. The van der Waals surface area contributed by atoms with E-state index in [4.69, 9.17) is 17.3 Å². The van der Waals surface area contributed by atoms with Crippen molar-refractivity contribution in [3.63, 3.8) is 0 Å². The standard InChI is InChI=1S/C12H18ClNOS/c1-7(14)10-4-5-12(11(13)6-10)16-9(3)8(2)15/h4-9,15H,14H2,1-3H3. The molecule has 0 aliphatic rings. The van der Waals surface area contributed by atoms with Crippen LogP contribution in [0.3, 0.4) is 0 Å². The maximum Gasteiger partial charge on any atom is 0.0631 e. The Hall–Kier alpha value is -0.220. The highest BCUT2D eigenvalue weighted by atomic mass is 35.5. The van der Waals surface area contributed by atoms with E-state index in [0.717, 1.165) is 10.5 Å². The zero-order chi connectivity index (χ0) is 12.3. The van der Waals surface area contributed by atoms with Gasteiger partial charge in [0.1, 0.15) is 0 Å². The molecular formula is C12H18ClNOS. The van der Waals surface area contributed by atoms with Crippen LogP contribution in [0.15, 0.2) is 23.1 Å². The Balaban J connectivity index is 2.83. The Morgan fingerprint density at radius 2 is 1.94 bits per heavy atom. The van der Waals surface area contributed by atoms with Crippen molar-refractivity contribution in [1.82, 2.24) is 0 Å². The van der Waals surface area contributed by atoms with E-state index in [1.54, 1.807) is 18.7 Å². The number of halogens is 1. The van der Waals surface area contributed by atoms with Crippen LogP contribution < -0.4 is 5.73 Å². The van der Waals surface area contributed by atoms with E-state index in [-0.39, 0.29) is 17.4 Å². The van der Waals surface area contributed by atoms with Gasteiger partial charge in [-0.15, -0.1) is 11.8 Å². The van der Waals surface area contributed by atoms with Gasteiger partial charge in [0.05, 0.1) is 11.1 Å². The van der Waals surface area contributed by atoms with E-state index in [2.05, 4.69) is 0 Å². The second kappa shape index (κ2) is 5.92. The lowest BCUT2D eigenvalue weighted by molar-refractivity contribution is 0.196. The molecule has 0 fully saturated rings. The van der Waals surface area contributed by atoms with Crippen molar-refractivity contribution in [3.05, 3.63) is 28.8 Å². The summed E-state index contributed by atoms with van der Waals surface area (Å²) in [5, 5.41) is 10.3. The molecule has 90 valence electrons. The van der Waals surface area contributed by atoms with Crippen LogP contribution >= 0.6 is 23.4 Å². The Morgan fingerprint density at radius 1 is 1.31 bits per heavy atom. The van der Waals surface area contributed by atoms with Gasteiger partial charge in [-0.1, -0.05) is 24.6 Å². The third kappa shape index (κ3) is 3.67. The Kier molecular flexibility index (Phi) is 5.12. The molecule has 1 aromatic rings. The van der Waals surface area contributed by atoms with Crippen molar-refractivity contribution in [2.75, 3.05) is 0 Å². The first-order valence-electron chi connectivity index (χ1n) is 5.31. The van der Waals surface area contributed by atoms with Gasteiger partial charge in [-0.3, -0.25) is 0 Å². The van der Waals surface area contributed by atoms with Crippen molar-refractivity contribution in [2.45, 2.75) is 43.1 Å². The molecule has 0 amide bonds. The van der Waals surface area contributed by atoms with Crippen LogP contribution in [-0.2, 0) is 0 Å². The molecule has 0 aliphatic heterocycles. The first kappa shape index (κ1) is 13.8. The van der Waals surface area contributed by atoms with Gasteiger partial charge in [-0.05, 0) is 31.5 Å². The summed E-state index contributed by atoms with van der Waals surface area (Å²) in [4.78, 5) is 0.986. The third-order valence-corrected chi connectivity index (χ3v) is 4.27. The summed E-state index contributed by atoms with van der Waals surface area (Å²) in [6, 6.07) is 5.83. The third-order valence-electron chi connectivity index (χ3n) is 2.47. The van der Waals surface area contributed by atoms with E-state index in [9.17, 15) is 5.11 Å². The van der Waals surface area contributed by atoms with Crippen LogP contribution in [0.5, 0.6) is 0 Å². The van der Waals surface area contributed by atoms with Gasteiger partial charge in [0, 0.05) is 16.2 Å². The molecule has 16 heavy (non-hydrogen) atoms. The molecule has 4 heteroatoms. The largest absolute Gasteiger partial charge is 0.392 e. The molecular weight excluding hydrogens is 242 g/mol. The summed E-state index contributed by atoms with van der Waals surface area (Å²) >= 11 is 7.74. The van der Waals surface area contributed by atoms with Gasteiger partial charge in [-0.25, -0.2) is 0 Å². The van der Waals surface area contributed by atoms with E-state index >= 15 is 0 Å². The Bertz CT molecular complexity index is 355. The summed E-state index contributed by atoms with van der Waals surface area (Å²) in [6.45, 7) is 5.68. The molecule has 0 heterocycles. The molecule has 3 atom stereocenters. The number of aliphatic hydroxyl groups is 1. The molecule has 0 bridgehead atoms. The lowest BCUT2D eigenvalue weighted by atomic mass is 10.1. The van der Waals surface area contributed by atoms with Crippen LogP contribution in [0.1, 0.15) is 32.4 Å². The fourth-order valence-electron chi connectivity index (χ4n) is 1.19. The van der Waals surface area contributed by atoms with Gasteiger partial charge in [0.15, 0.2) is 0 Å². The molecule has 1 aromatic carbocycles. The Morgan fingerprint density at radius 3 is 2.38 bits per heavy atom. The minimum atomic E-state index is -0.353. The first-order chi connectivity index (χ1) is 7.41. The topological polar surface area (TPSA) is 46.2 Å². The number of rotatable bonds is 4. The van der Waals surface area contributed by atoms with Crippen molar-refractivity contribution < 1.29 is 5.11 Å². The average Bonchev–Trinajstić information content (AvgIpc) is 2.20. The fourth-order valence-corrected chi connectivity index (χ4v) is 2.43. The van der Waals surface area contributed by atoms with Gasteiger partial charge in [0.2, 0.25) is 0 Å². The molecule has 0 saturated heterocycles.